The molecule has 2 aromatic carbocycles. The molecular formula is C30H31F3N6O3. The number of hydrogen-bond acceptors (Lipinski definition) is 7. The summed E-state index contributed by atoms with van der Waals surface area (Å²) >= 11 is 0. The van der Waals surface area contributed by atoms with Gasteiger partial charge in [0.05, 0.1) is 6.04 Å². The number of pyridine rings is 1. The van der Waals surface area contributed by atoms with Crippen LogP contribution in [0.15, 0.2) is 72.9 Å². The highest BCUT2D eigenvalue weighted by molar-refractivity contribution is 5.94. The third-order valence-electron chi connectivity index (χ3n) is 8.17. The molecule has 42 heavy (non-hydrogen) atoms. The number of nitrogens with one attached hydrogen (secondary N) is 2. The summed E-state index contributed by atoms with van der Waals surface area (Å²) in [6.45, 7) is 2.71. The molecule has 2 saturated heterocycles. The normalized spacial score (nSPS) is 22.9. The number of carbonyl (C=O) groups excluding carboxylic acids is 2. The highest BCUT2D eigenvalue weighted by atomic mass is 19.4. The smallest absolute Gasteiger partial charge is 0.402 e. The largest absolute Gasteiger partial charge is 0.492 e. The van der Waals surface area contributed by atoms with Crippen LogP contribution in [0.25, 0.3) is 0 Å². The minimum Gasteiger partial charge on any atom is -0.492 e. The number of fused-ring (bicyclic) bond motifs is 1. The number of piperazine rings is 1. The first-order chi connectivity index (χ1) is 20.3. The lowest BCUT2D eigenvalue weighted by Gasteiger charge is -2.40. The molecule has 12 heteroatoms. The van der Waals surface area contributed by atoms with Gasteiger partial charge >= 0.3 is 6.18 Å². The van der Waals surface area contributed by atoms with Crippen LogP contribution in [0.5, 0.6) is 5.75 Å². The number of anilines is 1. The number of alkyl halides is 3. The van der Waals surface area contributed by atoms with E-state index in [1.807, 2.05) is 42.5 Å². The minimum atomic E-state index is -4.70. The number of aromatic nitrogens is 1. The molecular weight excluding hydrogens is 549 g/mol. The van der Waals surface area contributed by atoms with Gasteiger partial charge in [-0.3, -0.25) is 19.9 Å². The molecule has 3 aliphatic heterocycles. The Morgan fingerprint density at radius 3 is 2.55 bits per heavy atom. The van der Waals surface area contributed by atoms with Gasteiger partial charge in [-0.1, -0.05) is 36.4 Å². The average molecular weight is 581 g/mol. The Bertz CT molecular complexity index is 1430. The van der Waals surface area contributed by atoms with E-state index in [4.69, 9.17) is 4.74 Å². The standard InChI is InChI=1S/C30H31F3N6O3/c31-30(32,33)27-24(17-35-36-28(27)40)39-18-21-6-1-2-9-23(21)25(39)19-42-22-8-5-7-20(16-22)29(41)38-14-12-37(13-15-38)26-10-3-4-11-34-26/h1-11,16,24-25,27,35H,12-15,17-19H2,(H,36,40). The number of ether oxygens (including phenoxy) is 1. The van der Waals surface area contributed by atoms with Gasteiger partial charge in [-0.15, -0.1) is 0 Å². The molecule has 2 amide bonds. The fourth-order valence-corrected chi connectivity index (χ4v) is 6.07. The predicted octanol–water partition coefficient (Wildman–Crippen LogP) is 3.16. The second kappa shape index (κ2) is 11.6. The van der Waals surface area contributed by atoms with Crippen molar-refractivity contribution < 1.29 is 27.5 Å². The van der Waals surface area contributed by atoms with Gasteiger partial charge in [0, 0.05) is 57.1 Å². The van der Waals surface area contributed by atoms with Crippen LogP contribution >= 0.6 is 0 Å². The molecule has 2 N–H and O–H groups in total. The highest BCUT2D eigenvalue weighted by Crippen LogP contribution is 2.41. The van der Waals surface area contributed by atoms with Crippen LogP contribution in [0.1, 0.15) is 27.5 Å². The zero-order chi connectivity index (χ0) is 29.3. The molecule has 3 unspecified atom stereocenters. The number of halogens is 3. The quantitative estimate of drug-likeness (QED) is 0.463. The number of hydrazine groups is 1. The Kier molecular flexibility index (Phi) is 7.74. The number of carbonyl (C=O) groups is 2. The van der Waals surface area contributed by atoms with Crippen LogP contribution < -0.4 is 20.5 Å². The second-order valence-electron chi connectivity index (χ2n) is 10.6. The Balaban J connectivity index is 1.15. The Morgan fingerprint density at radius 1 is 1.00 bits per heavy atom. The maximum atomic E-state index is 14.0. The number of amides is 2. The molecule has 1 aromatic heterocycles. The number of nitrogens with zero attached hydrogens (tertiary/aromatic N) is 4. The zero-order valence-electron chi connectivity index (χ0n) is 22.8. The minimum absolute atomic E-state index is 0.0557. The summed E-state index contributed by atoms with van der Waals surface area (Å²) in [7, 11) is 0. The van der Waals surface area contributed by atoms with Gasteiger partial charge in [0.2, 0.25) is 5.91 Å². The summed E-state index contributed by atoms with van der Waals surface area (Å²) in [6.07, 6.45) is -2.95. The molecule has 0 bridgehead atoms. The molecule has 3 aromatic rings. The van der Waals surface area contributed by atoms with Crippen molar-refractivity contribution in [2.24, 2.45) is 5.92 Å². The van der Waals surface area contributed by atoms with Gasteiger partial charge in [0.15, 0.2) is 5.92 Å². The highest BCUT2D eigenvalue weighted by Gasteiger charge is 2.55. The summed E-state index contributed by atoms with van der Waals surface area (Å²) in [6, 6.07) is 18.5. The Hall–Kier alpha value is -4.16. The molecule has 4 heterocycles. The number of rotatable bonds is 6. The lowest BCUT2D eigenvalue weighted by atomic mass is 9.94. The fourth-order valence-electron chi connectivity index (χ4n) is 6.07. The van der Waals surface area contributed by atoms with Crippen molar-refractivity contribution >= 4 is 17.6 Å². The van der Waals surface area contributed by atoms with E-state index in [0.717, 1.165) is 16.9 Å². The predicted molar refractivity (Wildman–Crippen MR) is 148 cm³/mol. The summed E-state index contributed by atoms with van der Waals surface area (Å²) in [5.41, 5.74) is 6.99. The van der Waals surface area contributed by atoms with E-state index in [1.165, 1.54) is 0 Å². The molecule has 0 saturated carbocycles. The monoisotopic (exact) mass is 580 g/mol. The lowest BCUT2D eigenvalue weighted by molar-refractivity contribution is -0.202. The first-order valence-corrected chi connectivity index (χ1v) is 13.9. The summed E-state index contributed by atoms with van der Waals surface area (Å²) < 4.78 is 48.1. The summed E-state index contributed by atoms with van der Waals surface area (Å²) in [5, 5.41) is 0. The Morgan fingerprint density at radius 2 is 1.79 bits per heavy atom. The van der Waals surface area contributed by atoms with Gasteiger partial charge in [0.25, 0.3) is 5.91 Å². The van der Waals surface area contributed by atoms with Crippen molar-refractivity contribution in [1.82, 2.24) is 25.6 Å². The van der Waals surface area contributed by atoms with Gasteiger partial charge in [0.1, 0.15) is 18.2 Å². The molecule has 3 atom stereocenters. The number of benzene rings is 2. The van der Waals surface area contributed by atoms with Crippen molar-refractivity contribution in [3.8, 4) is 5.75 Å². The van der Waals surface area contributed by atoms with Gasteiger partial charge in [-0.05, 0) is 41.5 Å². The number of hydrogen-bond donors (Lipinski definition) is 2. The fraction of sp³-hybridized carbons (Fsp3) is 0.367. The van der Waals surface area contributed by atoms with E-state index in [0.29, 0.717) is 37.5 Å². The van der Waals surface area contributed by atoms with Crippen molar-refractivity contribution in [3.05, 3.63) is 89.6 Å². The van der Waals surface area contributed by atoms with Crippen molar-refractivity contribution in [1.29, 1.82) is 0 Å². The van der Waals surface area contributed by atoms with Crippen LogP contribution in [-0.2, 0) is 11.3 Å². The third kappa shape index (κ3) is 5.64. The molecule has 6 rings (SSSR count). The van der Waals surface area contributed by atoms with Gasteiger partial charge < -0.3 is 14.5 Å². The zero-order valence-corrected chi connectivity index (χ0v) is 22.8. The van der Waals surface area contributed by atoms with E-state index >= 15 is 0 Å². The van der Waals surface area contributed by atoms with Crippen LogP contribution in [0.4, 0.5) is 19.0 Å². The molecule has 0 spiro atoms. The first kappa shape index (κ1) is 28.0. The SMILES string of the molecule is O=C1NNCC(N2Cc3ccccc3C2COc2cccc(C(=O)N3CCN(c4ccccn4)CC3)c2)C1C(F)(F)F. The van der Waals surface area contributed by atoms with E-state index in [2.05, 4.69) is 20.7 Å². The summed E-state index contributed by atoms with van der Waals surface area (Å²) in [5.74, 6) is -2.05. The van der Waals surface area contributed by atoms with E-state index in [1.54, 1.807) is 40.3 Å². The van der Waals surface area contributed by atoms with Crippen LogP contribution in [0.2, 0.25) is 0 Å². The third-order valence-corrected chi connectivity index (χ3v) is 8.17. The van der Waals surface area contributed by atoms with Crippen LogP contribution in [0, 0.1) is 5.92 Å². The molecule has 0 aliphatic carbocycles. The van der Waals surface area contributed by atoms with Crippen molar-refractivity contribution in [2.45, 2.75) is 24.8 Å². The molecule has 0 radical (unpaired) electrons. The molecule has 9 nitrogen and oxygen atoms in total. The van der Waals surface area contributed by atoms with Crippen molar-refractivity contribution in [3.63, 3.8) is 0 Å². The van der Waals surface area contributed by atoms with Crippen molar-refractivity contribution in [2.75, 3.05) is 44.2 Å². The van der Waals surface area contributed by atoms with Gasteiger partial charge in [-0.25, -0.2) is 10.4 Å². The van der Waals surface area contributed by atoms with E-state index in [9.17, 15) is 22.8 Å². The molecule has 220 valence electrons. The topological polar surface area (TPSA) is 90.0 Å². The van der Waals surface area contributed by atoms with E-state index in [-0.39, 0.29) is 25.6 Å². The molecule has 2 fully saturated rings. The van der Waals surface area contributed by atoms with Gasteiger partial charge in [-0.2, -0.15) is 13.2 Å². The molecule has 3 aliphatic rings. The first-order valence-electron chi connectivity index (χ1n) is 13.9. The van der Waals surface area contributed by atoms with Crippen LogP contribution in [-0.4, -0.2) is 78.1 Å². The van der Waals surface area contributed by atoms with E-state index < -0.39 is 30.1 Å². The maximum absolute atomic E-state index is 14.0. The second-order valence-corrected chi connectivity index (χ2v) is 10.6. The average Bonchev–Trinajstić information content (AvgIpc) is 3.38. The Labute approximate surface area is 241 Å². The van der Waals surface area contributed by atoms with Crippen LogP contribution in [0.3, 0.4) is 0 Å². The lowest BCUT2D eigenvalue weighted by Crippen LogP contribution is -2.64. The summed E-state index contributed by atoms with van der Waals surface area (Å²) in [4.78, 5) is 35.6. The maximum Gasteiger partial charge on any atom is 0.402 e.